The Morgan fingerprint density at radius 2 is 1.86 bits per heavy atom. The number of nitrogens with one attached hydrogen (secondary N) is 1. The van der Waals surface area contributed by atoms with Gasteiger partial charge in [0.15, 0.2) is 0 Å². The first kappa shape index (κ1) is 17.0. The van der Waals surface area contributed by atoms with Gasteiger partial charge in [-0.25, -0.2) is 0 Å². The first-order valence-corrected chi connectivity index (χ1v) is 6.97. The van der Waals surface area contributed by atoms with Gasteiger partial charge in [-0.3, -0.25) is 9.59 Å². The van der Waals surface area contributed by atoms with Crippen molar-refractivity contribution >= 4 is 11.8 Å². The third kappa shape index (κ3) is 5.07. The number of primary amides is 2. The second-order valence-electron chi connectivity index (χ2n) is 5.32. The molecule has 0 saturated carbocycles. The molecule has 0 heterocycles. The molecule has 0 fully saturated rings. The van der Waals surface area contributed by atoms with Gasteiger partial charge in [0.05, 0.1) is 20.7 Å². The van der Waals surface area contributed by atoms with Gasteiger partial charge in [-0.2, -0.15) is 0 Å². The predicted octanol–water partition coefficient (Wildman–Crippen LogP) is -1.14. The third-order valence-electron chi connectivity index (χ3n) is 3.10. The van der Waals surface area contributed by atoms with Crippen LogP contribution >= 0.6 is 0 Å². The molecule has 0 aliphatic heterocycles. The van der Waals surface area contributed by atoms with Crippen LogP contribution in [0.25, 0.3) is 0 Å². The fourth-order valence-electron chi connectivity index (χ4n) is 2.15. The molecule has 0 bridgehead atoms. The fraction of sp³-hybridized carbons (Fsp3) is 0.467. The van der Waals surface area contributed by atoms with E-state index in [1.165, 1.54) is 4.90 Å². The van der Waals surface area contributed by atoms with E-state index in [1.54, 1.807) is 0 Å². The molecule has 0 aliphatic rings. The molecule has 6 heteroatoms. The van der Waals surface area contributed by atoms with E-state index in [4.69, 9.17) is 16.2 Å². The summed E-state index contributed by atoms with van der Waals surface area (Å²) in [5.74, 6) is -1.56. The highest BCUT2D eigenvalue weighted by molar-refractivity contribution is 5.99. The lowest BCUT2D eigenvalue weighted by molar-refractivity contribution is -0.872. The predicted molar refractivity (Wildman–Crippen MR) is 79.7 cm³/mol. The standard InChI is InChI=1S/C15H23N3O3/c1-4-21-13-6-5-10(7-11(13)9-18(2)3)8-12(14(16)19)15(17)20/h5-7,12H,4,8-9H2,1-3H3,(H2,16,19)(H2,17,20)/p+1. The minimum absolute atomic E-state index is 0.215. The quantitative estimate of drug-likeness (QED) is 0.528. The van der Waals surface area contributed by atoms with Gasteiger partial charge in [0.25, 0.3) is 0 Å². The number of carbonyl (C=O) groups excluding carboxylic acids is 2. The summed E-state index contributed by atoms with van der Waals surface area (Å²) in [6.45, 7) is 3.29. The molecule has 116 valence electrons. The van der Waals surface area contributed by atoms with Crippen molar-refractivity contribution in [1.29, 1.82) is 0 Å². The Kier molecular flexibility index (Phi) is 6.17. The summed E-state index contributed by atoms with van der Waals surface area (Å²) < 4.78 is 5.60. The number of rotatable bonds is 8. The molecule has 0 aromatic heterocycles. The Bertz CT molecular complexity index is 501. The van der Waals surface area contributed by atoms with Crippen LogP contribution in [0.1, 0.15) is 18.1 Å². The van der Waals surface area contributed by atoms with Crippen LogP contribution in [0.3, 0.4) is 0 Å². The fourth-order valence-corrected chi connectivity index (χ4v) is 2.15. The zero-order valence-electron chi connectivity index (χ0n) is 12.8. The first-order valence-electron chi connectivity index (χ1n) is 6.97. The largest absolute Gasteiger partial charge is 0.493 e. The lowest BCUT2D eigenvalue weighted by Crippen LogP contribution is -3.04. The highest BCUT2D eigenvalue weighted by Gasteiger charge is 2.22. The first-order chi connectivity index (χ1) is 9.85. The summed E-state index contributed by atoms with van der Waals surface area (Å²) in [4.78, 5) is 23.8. The molecule has 6 nitrogen and oxygen atoms in total. The van der Waals surface area contributed by atoms with Gasteiger partial charge in [-0.15, -0.1) is 0 Å². The zero-order valence-corrected chi connectivity index (χ0v) is 12.8. The second-order valence-corrected chi connectivity index (χ2v) is 5.32. The summed E-state index contributed by atoms with van der Waals surface area (Å²) in [7, 11) is 4.08. The van der Waals surface area contributed by atoms with Crippen molar-refractivity contribution < 1.29 is 19.2 Å². The van der Waals surface area contributed by atoms with Crippen molar-refractivity contribution in [2.24, 2.45) is 17.4 Å². The van der Waals surface area contributed by atoms with Crippen LogP contribution in [-0.4, -0.2) is 32.5 Å². The van der Waals surface area contributed by atoms with E-state index in [1.807, 2.05) is 39.2 Å². The van der Waals surface area contributed by atoms with Crippen LogP contribution in [0.15, 0.2) is 18.2 Å². The Morgan fingerprint density at radius 3 is 2.33 bits per heavy atom. The zero-order chi connectivity index (χ0) is 16.0. The molecule has 2 amide bonds. The smallest absolute Gasteiger partial charge is 0.230 e. The van der Waals surface area contributed by atoms with E-state index in [0.29, 0.717) is 6.61 Å². The summed E-state index contributed by atoms with van der Waals surface area (Å²) in [6, 6.07) is 5.63. The average Bonchev–Trinajstić information content (AvgIpc) is 2.37. The van der Waals surface area contributed by atoms with Crippen LogP contribution in [-0.2, 0) is 22.6 Å². The van der Waals surface area contributed by atoms with Crippen LogP contribution in [0.5, 0.6) is 5.75 Å². The maximum atomic E-state index is 11.3. The highest BCUT2D eigenvalue weighted by atomic mass is 16.5. The monoisotopic (exact) mass is 294 g/mol. The molecular weight excluding hydrogens is 270 g/mol. The maximum absolute atomic E-state index is 11.3. The number of carbonyl (C=O) groups is 2. The molecule has 0 radical (unpaired) electrons. The molecule has 1 rings (SSSR count). The van der Waals surface area contributed by atoms with Crippen molar-refractivity contribution in [2.75, 3.05) is 20.7 Å². The highest BCUT2D eigenvalue weighted by Crippen LogP contribution is 2.21. The van der Waals surface area contributed by atoms with Crippen molar-refractivity contribution in [3.8, 4) is 5.75 Å². The Hall–Kier alpha value is -2.08. The number of ether oxygens (including phenoxy) is 1. The molecule has 5 N–H and O–H groups in total. The van der Waals surface area contributed by atoms with Gasteiger partial charge in [0.2, 0.25) is 11.8 Å². The van der Waals surface area contributed by atoms with E-state index in [-0.39, 0.29) is 6.42 Å². The minimum Gasteiger partial charge on any atom is -0.493 e. The number of nitrogens with two attached hydrogens (primary N) is 2. The van der Waals surface area contributed by atoms with E-state index >= 15 is 0 Å². The summed E-state index contributed by atoms with van der Waals surface area (Å²) in [6.07, 6.45) is 0.215. The Morgan fingerprint density at radius 1 is 1.24 bits per heavy atom. The molecule has 0 aliphatic carbocycles. The van der Waals surface area contributed by atoms with Crippen LogP contribution in [0.2, 0.25) is 0 Å². The summed E-state index contributed by atoms with van der Waals surface area (Å²) in [5, 5.41) is 0. The lowest BCUT2D eigenvalue weighted by Gasteiger charge is -2.15. The van der Waals surface area contributed by atoms with Gasteiger partial charge in [0, 0.05) is 5.56 Å². The topological polar surface area (TPSA) is 99.8 Å². The molecule has 1 aromatic carbocycles. The molecule has 0 atom stereocenters. The van der Waals surface area contributed by atoms with Crippen molar-refractivity contribution in [2.45, 2.75) is 19.9 Å². The van der Waals surface area contributed by atoms with Crippen molar-refractivity contribution in [3.05, 3.63) is 29.3 Å². The van der Waals surface area contributed by atoms with Crippen molar-refractivity contribution in [3.63, 3.8) is 0 Å². The van der Waals surface area contributed by atoms with Gasteiger partial charge in [-0.1, -0.05) is 6.07 Å². The van der Waals surface area contributed by atoms with E-state index < -0.39 is 17.7 Å². The third-order valence-corrected chi connectivity index (χ3v) is 3.10. The van der Waals surface area contributed by atoms with Crippen LogP contribution in [0, 0.1) is 5.92 Å². The normalized spacial score (nSPS) is 10.9. The van der Waals surface area contributed by atoms with E-state index in [9.17, 15) is 9.59 Å². The Balaban J connectivity index is 3.03. The number of hydrogen-bond donors (Lipinski definition) is 3. The van der Waals surface area contributed by atoms with E-state index in [0.717, 1.165) is 23.4 Å². The van der Waals surface area contributed by atoms with Gasteiger partial charge < -0.3 is 21.1 Å². The van der Waals surface area contributed by atoms with Gasteiger partial charge >= 0.3 is 0 Å². The molecule has 21 heavy (non-hydrogen) atoms. The maximum Gasteiger partial charge on any atom is 0.230 e. The van der Waals surface area contributed by atoms with Crippen LogP contribution in [0.4, 0.5) is 0 Å². The Labute approximate surface area is 125 Å². The molecule has 0 unspecified atom stereocenters. The van der Waals surface area contributed by atoms with Crippen LogP contribution < -0.4 is 21.1 Å². The summed E-state index contributed by atoms with van der Waals surface area (Å²) >= 11 is 0. The minimum atomic E-state index is -0.984. The van der Waals surface area contributed by atoms with Crippen molar-refractivity contribution in [1.82, 2.24) is 0 Å². The average molecular weight is 294 g/mol. The SMILES string of the molecule is CCOc1ccc(CC(C(N)=O)C(N)=O)cc1C[NH+](C)C. The number of amides is 2. The number of hydrogen-bond acceptors (Lipinski definition) is 3. The van der Waals surface area contributed by atoms with Gasteiger partial charge in [-0.05, 0) is 31.0 Å². The summed E-state index contributed by atoms with van der Waals surface area (Å²) in [5.41, 5.74) is 12.3. The molecular formula is C15H24N3O3+. The molecule has 1 aromatic rings. The van der Waals surface area contributed by atoms with Gasteiger partial charge in [0.1, 0.15) is 18.2 Å². The number of benzene rings is 1. The van der Waals surface area contributed by atoms with E-state index in [2.05, 4.69) is 0 Å². The second kappa shape index (κ2) is 7.64. The lowest BCUT2D eigenvalue weighted by atomic mass is 9.96. The number of quaternary nitrogens is 1. The molecule has 0 saturated heterocycles. The molecule has 0 spiro atoms.